The standard InChI is InChI=1S/C21H24N2O4/c1-3-5-9-19(24)22-17-12-10-15(11-13-17)20(25)23-18-8-6-7-16(14-18)21(26)27-4-2/h6-8,10-14H,3-5,9H2,1-2H3,(H,22,24)(H,23,25). The van der Waals surface area contributed by atoms with Crippen molar-refractivity contribution >= 4 is 29.2 Å². The third-order valence-corrected chi connectivity index (χ3v) is 3.82. The molecular formula is C21H24N2O4. The van der Waals surface area contributed by atoms with Crippen LogP contribution >= 0.6 is 0 Å². The van der Waals surface area contributed by atoms with Gasteiger partial charge in [0.25, 0.3) is 5.91 Å². The molecule has 2 rings (SSSR count). The summed E-state index contributed by atoms with van der Waals surface area (Å²) < 4.78 is 4.96. The molecule has 0 aromatic heterocycles. The van der Waals surface area contributed by atoms with E-state index in [2.05, 4.69) is 10.6 Å². The van der Waals surface area contributed by atoms with Crippen LogP contribution in [0.3, 0.4) is 0 Å². The number of amides is 2. The van der Waals surface area contributed by atoms with Crippen LogP contribution in [-0.4, -0.2) is 24.4 Å². The number of hydrogen-bond donors (Lipinski definition) is 2. The molecule has 0 spiro atoms. The van der Waals surface area contributed by atoms with Gasteiger partial charge in [0, 0.05) is 23.4 Å². The first-order chi connectivity index (χ1) is 13.0. The van der Waals surface area contributed by atoms with Crippen molar-refractivity contribution < 1.29 is 19.1 Å². The van der Waals surface area contributed by atoms with Gasteiger partial charge < -0.3 is 15.4 Å². The van der Waals surface area contributed by atoms with E-state index >= 15 is 0 Å². The van der Waals surface area contributed by atoms with Gasteiger partial charge in [-0.25, -0.2) is 4.79 Å². The summed E-state index contributed by atoms with van der Waals surface area (Å²) in [6, 6.07) is 13.2. The molecule has 2 aromatic carbocycles. The highest BCUT2D eigenvalue weighted by Crippen LogP contribution is 2.15. The maximum absolute atomic E-state index is 12.4. The minimum absolute atomic E-state index is 0.0372. The molecule has 0 unspecified atom stereocenters. The van der Waals surface area contributed by atoms with Gasteiger partial charge in [-0.2, -0.15) is 0 Å². The van der Waals surface area contributed by atoms with Crippen molar-refractivity contribution in [3.05, 3.63) is 59.7 Å². The van der Waals surface area contributed by atoms with Gasteiger partial charge >= 0.3 is 5.97 Å². The molecule has 0 aliphatic carbocycles. The molecule has 0 aliphatic rings. The van der Waals surface area contributed by atoms with Crippen molar-refractivity contribution in [2.24, 2.45) is 0 Å². The fourth-order valence-electron chi connectivity index (χ4n) is 2.41. The SMILES string of the molecule is CCCCC(=O)Nc1ccc(C(=O)Nc2cccc(C(=O)OCC)c2)cc1. The van der Waals surface area contributed by atoms with Crippen LogP contribution in [-0.2, 0) is 9.53 Å². The van der Waals surface area contributed by atoms with Gasteiger partial charge in [-0.3, -0.25) is 9.59 Å². The Morgan fingerprint density at radius 1 is 0.889 bits per heavy atom. The zero-order valence-corrected chi connectivity index (χ0v) is 15.6. The average molecular weight is 368 g/mol. The molecule has 142 valence electrons. The third kappa shape index (κ3) is 6.26. The van der Waals surface area contributed by atoms with E-state index in [-0.39, 0.29) is 18.4 Å². The maximum Gasteiger partial charge on any atom is 0.338 e. The molecule has 0 bridgehead atoms. The summed E-state index contributed by atoms with van der Waals surface area (Å²) in [6.45, 7) is 4.05. The Hall–Kier alpha value is -3.15. The summed E-state index contributed by atoms with van der Waals surface area (Å²) >= 11 is 0. The van der Waals surface area contributed by atoms with Gasteiger partial charge in [0.2, 0.25) is 5.91 Å². The van der Waals surface area contributed by atoms with Crippen LogP contribution in [0.25, 0.3) is 0 Å². The van der Waals surface area contributed by atoms with Crippen LogP contribution in [0, 0.1) is 0 Å². The maximum atomic E-state index is 12.4. The lowest BCUT2D eigenvalue weighted by Gasteiger charge is -2.09. The Bertz CT molecular complexity index is 800. The number of unbranched alkanes of at least 4 members (excludes halogenated alkanes) is 1. The van der Waals surface area contributed by atoms with E-state index in [1.807, 2.05) is 6.92 Å². The highest BCUT2D eigenvalue weighted by molar-refractivity contribution is 6.05. The first kappa shape index (κ1) is 20.2. The molecule has 0 saturated heterocycles. The predicted octanol–water partition coefficient (Wildman–Crippen LogP) is 4.24. The highest BCUT2D eigenvalue weighted by Gasteiger charge is 2.10. The zero-order valence-electron chi connectivity index (χ0n) is 15.6. The van der Waals surface area contributed by atoms with Crippen LogP contribution in [0.15, 0.2) is 48.5 Å². The van der Waals surface area contributed by atoms with Crippen LogP contribution in [0.1, 0.15) is 53.8 Å². The van der Waals surface area contributed by atoms with E-state index in [0.717, 1.165) is 12.8 Å². The van der Waals surface area contributed by atoms with Gasteiger partial charge in [-0.05, 0) is 55.8 Å². The third-order valence-electron chi connectivity index (χ3n) is 3.82. The minimum Gasteiger partial charge on any atom is -0.462 e. The molecule has 2 amide bonds. The first-order valence-electron chi connectivity index (χ1n) is 9.02. The number of carbonyl (C=O) groups is 3. The Labute approximate surface area is 158 Å². The topological polar surface area (TPSA) is 84.5 Å². The van der Waals surface area contributed by atoms with Crippen molar-refractivity contribution in [1.29, 1.82) is 0 Å². The lowest BCUT2D eigenvalue weighted by molar-refractivity contribution is -0.116. The van der Waals surface area contributed by atoms with Gasteiger partial charge in [-0.1, -0.05) is 19.4 Å². The second-order valence-electron chi connectivity index (χ2n) is 5.98. The lowest BCUT2D eigenvalue weighted by atomic mass is 10.1. The molecule has 2 aromatic rings. The summed E-state index contributed by atoms with van der Waals surface area (Å²) in [6.07, 6.45) is 2.29. The van der Waals surface area contributed by atoms with Crippen molar-refractivity contribution in [2.45, 2.75) is 33.1 Å². The summed E-state index contributed by atoms with van der Waals surface area (Å²) in [7, 11) is 0. The molecule has 0 saturated carbocycles. The number of anilines is 2. The number of benzene rings is 2. The van der Waals surface area contributed by atoms with Gasteiger partial charge in [-0.15, -0.1) is 0 Å². The normalized spacial score (nSPS) is 10.1. The lowest BCUT2D eigenvalue weighted by Crippen LogP contribution is -2.14. The quantitative estimate of drug-likeness (QED) is 0.683. The van der Waals surface area contributed by atoms with Gasteiger partial charge in [0.15, 0.2) is 0 Å². The molecule has 27 heavy (non-hydrogen) atoms. The number of rotatable bonds is 8. The van der Waals surface area contributed by atoms with E-state index in [9.17, 15) is 14.4 Å². The van der Waals surface area contributed by atoms with Crippen LogP contribution in [0.4, 0.5) is 11.4 Å². The summed E-state index contributed by atoms with van der Waals surface area (Å²) in [5, 5.41) is 5.55. The van der Waals surface area contributed by atoms with E-state index in [4.69, 9.17) is 4.74 Å². The van der Waals surface area contributed by atoms with E-state index in [1.54, 1.807) is 55.5 Å². The summed E-state index contributed by atoms with van der Waals surface area (Å²) in [5.74, 6) is -0.776. The number of carbonyl (C=O) groups excluding carboxylic acids is 3. The average Bonchev–Trinajstić information content (AvgIpc) is 2.67. The van der Waals surface area contributed by atoms with E-state index in [0.29, 0.717) is 28.9 Å². The Kier molecular flexibility index (Phi) is 7.55. The fourth-order valence-corrected chi connectivity index (χ4v) is 2.41. The monoisotopic (exact) mass is 368 g/mol. The molecular weight excluding hydrogens is 344 g/mol. The van der Waals surface area contributed by atoms with Crippen LogP contribution in [0.5, 0.6) is 0 Å². The molecule has 0 radical (unpaired) electrons. The van der Waals surface area contributed by atoms with Crippen molar-refractivity contribution in [3.8, 4) is 0 Å². The molecule has 0 heterocycles. The number of hydrogen-bond acceptors (Lipinski definition) is 4. The molecule has 6 heteroatoms. The zero-order chi connectivity index (χ0) is 19.6. The molecule has 0 aliphatic heterocycles. The van der Waals surface area contributed by atoms with Crippen LogP contribution < -0.4 is 10.6 Å². The summed E-state index contributed by atoms with van der Waals surface area (Å²) in [4.78, 5) is 35.9. The molecule has 0 fully saturated rings. The van der Waals surface area contributed by atoms with Gasteiger partial charge in [0.05, 0.1) is 12.2 Å². The second kappa shape index (κ2) is 10.1. The Balaban J connectivity index is 1.99. The smallest absolute Gasteiger partial charge is 0.338 e. The fraction of sp³-hybridized carbons (Fsp3) is 0.286. The van der Waals surface area contributed by atoms with E-state index < -0.39 is 5.97 Å². The number of esters is 1. The van der Waals surface area contributed by atoms with Crippen molar-refractivity contribution in [1.82, 2.24) is 0 Å². The highest BCUT2D eigenvalue weighted by atomic mass is 16.5. The number of ether oxygens (including phenoxy) is 1. The second-order valence-corrected chi connectivity index (χ2v) is 5.98. The van der Waals surface area contributed by atoms with Crippen LogP contribution in [0.2, 0.25) is 0 Å². The van der Waals surface area contributed by atoms with E-state index in [1.165, 1.54) is 0 Å². The van der Waals surface area contributed by atoms with Gasteiger partial charge in [0.1, 0.15) is 0 Å². The molecule has 6 nitrogen and oxygen atoms in total. The first-order valence-corrected chi connectivity index (χ1v) is 9.02. The largest absolute Gasteiger partial charge is 0.462 e. The Morgan fingerprint density at radius 2 is 1.63 bits per heavy atom. The molecule has 2 N–H and O–H groups in total. The van der Waals surface area contributed by atoms with Crippen molar-refractivity contribution in [3.63, 3.8) is 0 Å². The Morgan fingerprint density at radius 3 is 2.30 bits per heavy atom. The summed E-state index contributed by atoms with van der Waals surface area (Å²) in [5.41, 5.74) is 1.97. The molecule has 0 atom stereocenters. The van der Waals surface area contributed by atoms with Crippen molar-refractivity contribution in [2.75, 3.05) is 17.2 Å². The minimum atomic E-state index is -0.434. The predicted molar refractivity (Wildman–Crippen MR) is 105 cm³/mol. The number of nitrogens with one attached hydrogen (secondary N) is 2.